The number of nitrogens with zero attached hydrogens (tertiary/aromatic N) is 3. The number of rotatable bonds is 6. The number of hydrogen-bond donors (Lipinski definition) is 1. The van der Waals surface area contributed by atoms with Crippen LogP contribution in [0.25, 0.3) is 11.0 Å². The molecule has 1 heterocycles. The number of aromatic nitrogens is 2. The Morgan fingerprint density at radius 3 is 2.37 bits per heavy atom. The lowest BCUT2D eigenvalue weighted by atomic mass is 10.2. The van der Waals surface area contributed by atoms with E-state index < -0.39 is 33.6 Å². The lowest BCUT2D eigenvalue weighted by molar-refractivity contribution is -0.121. The minimum atomic E-state index is -3.77. The smallest absolute Gasteiger partial charge is 0.317 e. The molecule has 2 rings (SSSR count). The third-order valence-corrected chi connectivity index (χ3v) is 5.80. The zero-order chi connectivity index (χ0) is 20.4. The predicted octanol–water partition coefficient (Wildman–Crippen LogP) is -0.817. The van der Waals surface area contributed by atoms with Crippen molar-refractivity contribution >= 4 is 27.0 Å². The average Bonchev–Trinajstić information content (AvgIpc) is 2.63. The van der Waals surface area contributed by atoms with Crippen molar-refractivity contribution in [3.8, 4) is 12.3 Å². The summed E-state index contributed by atoms with van der Waals surface area (Å²) in [5, 5.41) is 2.41. The van der Waals surface area contributed by atoms with Gasteiger partial charge in [0.15, 0.2) is 0 Å². The lowest BCUT2D eigenvalue weighted by Gasteiger charge is -2.16. The van der Waals surface area contributed by atoms with Crippen LogP contribution in [0.4, 0.5) is 0 Å². The molecule has 0 saturated heterocycles. The van der Waals surface area contributed by atoms with Gasteiger partial charge in [0, 0.05) is 20.6 Å². The molecule has 0 fully saturated rings. The number of sulfonamides is 1. The van der Waals surface area contributed by atoms with Gasteiger partial charge in [-0.3, -0.25) is 19.0 Å². The van der Waals surface area contributed by atoms with E-state index in [9.17, 15) is 22.8 Å². The van der Waals surface area contributed by atoms with Crippen molar-refractivity contribution in [1.29, 1.82) is 0 Å². The number of fused-ring (bicyclic) bond motifs is 1. The number of nitrogens with one attached hydrogen (secondary N) is 1. The Labute approximate surface area is 156 Å². The zero-order valence-electron chi connectivity index (χ0n) is 15.2. The molecule has 0 saturated carbocycles. The van der Waals surface area contributed by atoms with Crippen LogP contribution in [0, 0.1) is 12.3 Å². The molecule has 0 atom stereocenters. The molecule has 0 aliphatic heterocycles. The zero-order valence-corrected chi connectivity index (χ0v) is 16.0. The maximum absolute atomic E-state index is 12.5. The van der Waals surface area contributed by atoms with Gasteiger partial charge in [-0.05, 0) is 25.1 Å². The molecule has 0 unspecified atom stereocenters. The summed E-state index contributed by atoms with van der Waals surface area (Å²) in [7, 11) is -1.00. The average molecular weight is 392 g/mol. The first-order chi connectivity index (χ1) is 12.6. The van der Waals surface area contributed by atoms with E-state index >= 15 is 0 Å². The third kappa shape index (κ3) is 3.79. The molecule has 2 aromatic rings. The molecule has 1 N–H and O–H groups in total. The monoisotopic (exact) mass is 392 g/mol. The van der Waals surface area contributed by atoms with Gasteiger partial charge in [0.25, 0.3) is 0 Å². The second-order valence-electron chi connectivity index (χ2n) is 5.86. The minimum Gasteiger partial charge on any atom is -0.344 e. The Morgan fingerprint density at radius 2 is 1.81 bits per heavy atom. The van der Waals surface area contributed by atoms with Crippen LogP contribution in [0.1, 0.15) is 6.92 Å². The number of carbonyl (C=O) groups excluding carboxylic acids is 1. The van der Waals surface area contributed by atoms with Gasteiger partial charge in [-0.2, -0.15) is 0 Å². The van der Waals surface area contributed by atoms with Crippen LogP contribution in [-0.4, -0.2) is 48.4 Å². The van der Waals surface area contributed by atoms with Crippen molar-refractivity contribution < 1.29 is 13.2 Å². The van der Waals surface area contributed by atoms with Crippen LogP contribution in [-0.2, 0) is 27.9 Å². The molecule has 0 aliphatic carbocycles. The number of amides is 1. The van der Waals surface area contributed by atoms with Gasteiger partial charge in [0.05, 0.1) is 22.5 Å². The molecule has 1 aromatic carbocycles. The van der Waals surface area contributed by atoms with Crippen molar-refractivity contribution in [3.05, 3.63) is 38.9 Å². The highest BCUT2D eigenvalue weighted by atomic mass is 32.2. The Balaban J connectivity index is 2.81. The fourth-order valence-corrected chi connectivity index (χ4v) is 3.51. The molecule has 0 bridgehead atoms. The maximum Gasteiger partial charge on any atom is 0.317 e. The predicted molar refractivity (Wildman–Crippen MR) is 101 cm³/mol. The topological polar surface area (TPSA) is 110 Å². The van der Waals surface area contributed by atoms with Crippen LogP contribution in [0.15, 0.2) is 32.7 Å². The Bertz CT molecular complexity index is 1150. The van der Waals surface area contributed by atoms with Gasteiger partial charge in [-0.1, -0.05) is 5.92 Å². The first-order valence-electron chi connectivity index (χ1n) is 8.05. The molecular formula is C17H20N4O5S. The van der Waals surface area contributed by atoms with Crippen LogP contribution >= 0.6 is 0 Å². The van der Waals surface area contributed by atoms with Crippen LogP contribution < -0.4 is 16.4 Å². The van der Waals surface area contributed by atoms with Crippen LogP contribution in [0.3, 0.4) is 0 Å². The number of hydrogen-bond acceptors (Lipinski definition) is 5. The van der Waals surface area contributed by atoms with Gasteiger partial charge in [0.1, 0.15) is 6.54 Å². The number of carbonyl (C=O) groups is 1. The van der Waals surface area contributed by atoms with E-state index in [4.69, 9.17) is 6.42 Å². The normalized spacial score (nSPS) is 11.5. The molecule has 1 amide bonds. The molecule has 10 heteroatoms. The maximum atomic E-state index is 12.5. The van der Waals surface area contributed by atoms with Gasteiger partial charge in [-0.25, -0.2) is 12.7 Å². The van der Waals surface area contributed by atoms with E-state index in [1.807, 2.05) is 0 Å². The minimum absolute atomic E-state index is 0.0300. The van der Waals surface area contributed by atoms with E-state index in [0.717, 1.165) is 8.87 Å². The van der Waals surface area contributed by atoms with E-state index in [2.05, 4.69) is 11.2 Å². The fraction of sp³-hybridized carbons (Fsp3) is 0.353. The summed E-state index contributed by atoms with van der Waals surface area (Å²) < 4.78 is 28.1. The van der Waals surface area contributed by atoms with Crippen LogP contribution in [0.2, 0.25) is 0 Å². The van der Waals surface area contributed by atoms with E-state index in [0.29, 0.717) is 5.52 Å². The highest BCUT2D eigenvalue weighted by Gasteiger charge is 2.21. The summed E-state index contributed by atoms with van der Waals surface area (Å²) in [6.07, 6.45) is 5.09. The van der Waals surface area contributed by atoms with E-state index in [-0.39, 0.29) is 23.5 Å². The van der Waals surface area contributed by atoms with Crippen LogP contribution in [0.5, 0.6) is 0 Å². The molecule has 27 heavy (non-hydrogen) atoms. The third-order valence-electron chi connectivity index (χ3n) is 3.99. The van der Waals surface area contributed by atoms with E-state index in [1.54, 1.807) is 6.92 Å². The standard InChI is InChI=1S/C17H20N4O5S/c1-5-9-18-15(22)11-21-14-10-12(27(25,26)19(3)4)7-8-13(14)20(6-2)16(23)17(21)24/h1,7-8,10H,6,9,11H2,2-4H3,(H,18,22). The molecular weight excluding hydrogens is 372 g/mol. The van der Waals surface area contributed by atoms with Gasteiger partial charge < -0.3 is 9.88 Å². The quantitative estimate of drug-likeness (QED) is 0.510. The van der Waals surface area contributed by atoms with Crippen molar-refractivity contribution in [3.63, 3.8) is 0 Å². The summed E-state index contributed by atoms with van der Waals surface area (Å²) in [6, 6.07) is 4.09. The summed E-state index contributed by atoms with van der Waals surface area (Å²) >= 11 is 0. The summed E-state index contributed by atoms with van der Waals surface area (Å²) in [4.78, 5) is 36.8. The number of benzene rings is 1. The van der Waals surface area contributed by atoms with Gasteiger partial charge >= 0.3 is 11.1 Å². The second kappa shape index (κ2) is 7.77. The first kappa shape index (κ1) is 20.4. The van der Waals surface area contributed by atoms with E-state index in [1.165, 1.54) is 36.9 Å². The second-order valence-corrected chi connectivity index (χ2v) is 8.01. The lowest BCUT2D eigenvalue weighted by Crippen LogP contribution is -2.43. The summed E-state index contributed by atoms with van der Waals surface area (Å²) in [5.41, 5.74) is -1.19. The highest BCUT2D eigenvalue weighted by Crippen LogP contribution is 2.19. The Kier molecular flexibility index (Phi) is 5.88. The number of aryl methyl sites for hydroxylation is 1. The molecule has 1 aromatic heterocycles. The molecule has 0 aliphatic rings. The van der Waals surface area contributed by atoms with Gasteiger partial charge in [0.2, 0.25) is 15.9 Å². The number of terminal acetylenes is 1. The Morgan fingerprint density at radius 1 is 1.19 bits per heavy atom. The van der Waals surface area contributed by atoms with Gasteiger partial charge in [-0.15, -0.1) is 6.42 Å². The van der Waals surface area contributed by atoms with Crippen molar-refractivity contribution in [1.82, 2.24) is 18.8 Å². The first-order valence-corrected chi connectivity index (χ1v) is 9.49. The Hall–Kier alpha value is -2.90. The molecule has 0 radical (unpaired) electrons. The summed E-state index contributed by atoms with van der Waals surface area (Å²) in [6.45, 7) is 1.42. The fourth-order valence-electron chi connectivity index (χ4n) is 2.59. The molecule has 0 spiro atoms. The largest absolute Gasteiger partial charge is 0.344 e. The van der Waals surface area contributed by atoms with Crippen molar-refractivity contribution in [2.45, 2.75) is 24.9 Å². The van der Waals surface area contributed by atoms with Crippen molar-refractivity contribution in [2.75, 3.05) is 20.6 Å². The SMILES string of the molecule is C#CCNC(=O)Cn1c(=O)c(=O)n(CC)c2ccc(S(=O)(=O)N(C)C)cc21. The molecule has 9 nitrogen and oxygen atoms in total. The summed E-state index contributed by atoms with van der Waals surface area (Å²) in [5.74, 6) is 1.67. The molecule has 144 valence electrons. The highest BCUT2D eigenvalue weighted by molar-refractivity contribution is 7.89. The van der Waals surface area contributed by atoms with Crippen molar-refractivity contribution in [2.24, 2.45) is 0 Å².